The standard InChI is InChI=1S/C22H16Br2/c23-21-5-1-3-19(15-21)13-11-17-7-9-18(10-8-17)12-14-20-4-2-6-22(24)16-20/h1-16H/b13-11+,14-12+. The van der Waals surface area contributed by atoms with Crippen LogP contribution in [0.2, 0.25) is 0 Å². The summed E-state index contributed by atoms with van der Waals surface area (Å²) in [5.74, 6) is 0. The fourth-order valence-electron chi connectivity index (χ4n) is 2.32. The van der Waals surface area contributed by atoms with Gasteiger partial charge in [-0.25, -0.2) is 0 Å². The van der Waals surface area contributed by atoms with E-state index >= 15 is 0 Å². The smallest absolute Gasteiger partial charge is 0.0181 e. The Hall–Kier alpha value is -1.90. The lowest BCUT2D eigenvalue weighted by molar-refractivity contribution is 1.60. The average molecular weight is 440 g/mol. The van der Waals surface area contributed by atoms with Crippen LogP contribution >= 0.6 is 31.9 Å². The first-order valence-electron chi connectivity index (χ1n) is 7.66. The highest BCUT2D eigenvalue weighted by atomic mass is 79.9. The van der Waals surface area contributed by atoms with E-state index in [1.54, 1.807) is 0 Å². The van der Waals surface area contributed by atoms with Gasteiger partial charge in [0.1, 0.15) is 0 Å². The molecule has 0 saturated carbocycles. The highest BCUT2D eigenvalue weighted by Crippen LogP contribution is 2.17. The first-order valence-corrected chi connectivity index (χ1v) is 9.25. The molecule has 3 aromatic rings. The largest absolute Gasteiger partial charge is 0.0606 e. The third-order valence-electron chi connectivity index (χ3n) is 3.57. The second kappa shape index (κ2) is 8.27. The summed E-state index contributed by atoms with van der Waals surface area (Å²) in [5, 5.41) is 0. The summed E-state index contributed by atoms with van der Waals surface area (Å²) in [6, 6.07) is 25.1. The van der Waals surface area contributed by atoms with Gasteiger partial charge in [-0.1, -0.05) is 105 Å². The zero-order chi connectivity index (χ0) is 16.8. The van der Waals surface area contributed by atoms with Gasteiger partial charge in [-0.3, -0.25) is 0 Å². The van der Waals surface area contributed by atoms with E-state index in [2.05, 4.69) is 105 Å². The highest BCUT2D eigenvalue weighted by molar-refractivity contribution is 9.10. The van der Waals surface area contributed by atoms with Crippen molar-refractivity contribution in [2.45, 2.75) is 0 Å². The lowest BCUT2D eigenvalue weighted by Gasteiger charge is -1.98. The van der Waals surface area contributed by atoms with Gasteiger partial charge in [0.05, 0.1) is 0 Å². The van der Waals surface area contributed by atoms with Crippen molar-refractivity contribution in [2.24, 2.45) is 0 Å². The van der Waals surface area contributed by atoms with Gasteiger partial charge >= 0.3 is 0 Å². The Balaban J connectivity index is 1.69. The normalized spacial score (nSPS) is 11.4. The van der Waals surface area contributed by atoms with E-state index in [9.17, 15) is 0 Å². The predicted molar refractivity (Wildman–Crippen MR) is 113 cm³/mol. The quantitative estimate of drug-likeness (QED) is 0.368. The van der Waals surface area contributed by atoms with Crippen LogP contribution in [0.25, 0.3) is 24.3 Å². The maximum absolute atomic E-state index is 3.49. The average Bonchev–Trinajstić information content (AvgIpc) is 2.59. The van der Waals surface area contributed by atoms with Gasteiger partial charge in [-0.05, 0) is 46.5 Å². The van der Waals surface area contributed by atoms with E-state index < -0.39 is 0 Å². The molecule has 24 heavy (non-hydrogen) atoms. The maximum atomic E-state index is 3.49. The monoisotopic (exact) mass is 438 g/mol. The van der Waals surface area contributed by atoms with Gasteiger partial charge in [0.25, 0.3) is 0 Å². The van der Waals surface area contributed by atoms with Crippen LogP contribution in [-0.4, -0.2) is 0 Å². The second-order valence-electron chi connectivity index (χ2n) is 5.44. The maximum Gasteiger partial charge on any atom is 0.0181 e. The van der Waals surface area contributed by atoms with E-state index in [0.717, 1.165) is 8.95 Å². The van der Waals surface area contributed by atoms with Gasteiger partial charge in [0.2, 0.25) is 0 Å². The summed E-state index contributed by atoms with van der Waals surface area (Å²) in [7, 11) is 0. The zero-order valence-electron chi connectivity index (χ0n) is 13.0. The Morgan fingerprint density at radius 1 is 0.458 bits per heavy atom. The van der Waals surface area contributed by atoms with Crippen LogP contribution in [0.5, 0.6) is 0 Å². The third-order valence-corrected chi connectivity index (χ3v) is 4.56. The minimum absolute atomic E-state index is 1.10. The van der Waals surface area contributed by atoms with E-state index in [4.69, 9.17) is 0 Å². The fourth-order valence-corrected chi connectivity index (χ4v) is 3.16. The minimum atomic E-state index is 1.10. The van der Waals surface area contributed by atoms with Crippen molar-refractivity contribution in [2.75, 3.05) is 0 Å². The van der Waals surface area contributed by atoms with Crippen molar-refractivity contribution < 1.29 is 0 Å². The fraction of sp³-hybridized carbons (Fsp3) is 0. The first-order chi connectivity index (χ1) is 11.7. The molecule has 3 rings (SSSR count). The second-order valence-corrected chi connectivity index (χ2v) is 7.27. The molecule has 0 nitrogen and oxygen atoms in total. The highest BCUT2D eigenvalue weighted by Gasteiger charge is 1.92. The Bertz CT molecular complexity index is 800. The summed E-state index contributed by atoms with van der Waals surface area (Å²) in [6.45, 7) is 0. The molecule has 0 aliphatic carbocycles. The van der Waals surface area contributed by atoms with Crippen LogP contribution in [0.1, 0.15) is 22.3 Å². The van der Waals surface area contributed by atoms with Gasteiger partial charge in [-0.2, -0.15) is 0 Å². The van der Waals surface area contributed by atoms with Crippen LogP contribution in [0.4, 0.5) is 0 Å². The Kier molecular flexibility index (Phi) is 5.84. The topological polar surface area (TPSA) is 0 Å². The molecule has 0 aromatic heterocycles. The summed E-state index contributed by atoms with van der Waals surface area (Å²) in [4.78, 5) is 0. The molecule has 0 bridgehead atoms. The number of hydrogen-bond acceptors (Lipinski definition) is 0. The lowest BCUT2D eigenvalue weighted by atomic mass is 10.1. The molecule has 0 fully saturated rings. The molecule has 0 N–H and O–H groups in total. The van der Waals surface area contributed by atoms with Crippen molar-refractivity contribution in [1.29, 1.82) is 0 Å². The molecular weight excluding hydrogens is 424 g/mol. The van der Waals surface area contributed by atoms with E-state index in [1.807, 2.05) is 24.3 Å². The Morgan fingerprint density at radius 2 is 0.833 bits per heavy atom. The molecule has 0 radical (unpaired) electrons. The molecule has 0 amide bonds. The molecule has 2 heteroatoms. The van der Waals surface area contributed by atoms with Crippen LogP contribution in [0, 0.1) is 0 Å². The summed E-state index contributed by atoms with van der Waals surface area (Å²) in [5.41, 5.74) is 4.75. The van der Waals surface area contributed by atoms with Gasteiger partial charge < -0.3 is 0 Å². The Labute approximate surface area is 159 Å². The molecule has 0 aliphatic rings. The van der Waals surface area contributed by atoms with E-state index in [1.165, 1.54) is 22.3 Å². The van der Waals surface area contributed by atoms with Crippen LogP contribution in [-0.2, 0) is 0 Å². The molecule has 0 spiro atoms. The van der Waals surface area contributed by atoms with Crippen molar-refractivity contribution in [1.82, 2.24) is 0 Å². The first kappa shape index (κ1) is 16.9. The molecule has 0 saturated heterocycles. The molecule has 0 heterocycles. The zero-order valence-corrected chi connectivity index (χ0v) is 16.2. The summed E-state index contributed by atoms with van der Waals surface area (Å²) in [6.07, 6.45) is 8.50. The van der Waals surface area contributed by atoms with E-state index in [0.29, 0.717) is 0 Å². The molecule has 3 aromatic carbocycles. The molecule has 0 unspecified atom stereocenters. The summed E-state index contributed by atoms with van der Waals surface area (Å²) < 4.78 is 2.19. The summed E-state index contributed by atoms with van der Waals surface area (Å²) >= 11 is 6.99. The minimum Gasteiger partial charge on any atom is -0.0606 e. The van der Waals surface area contributed by atoms with Gasteiger partial charge in [0, 0.05) is 8.95 Å². The SMILES string of the molecule is Brc1cccc(/C=C/c2ccc(/C=C/c3cccc(Br)c3)cc2)c1. The predicted octanol–water partition coefficient (Wildman–Crippen LogP) is 7.55. The van der Waals surface area contributed by atoms with Crippen LogP contribution < -0.4 is 0 Å². The molecular formula is C22H16Br2. The van der Waals surface area contributed by atoms with Crippen molar-refractivity contribution in [3.05, 3.63) is 104 Å². The van der Waals surface area contributed by atoms with Gasteiger partial charge in [-0.15, -0.1) is 0 Å². The third kappa shape index (κ3) is 5.05. The van der Waals surface area contributed by atoms with Gasteiger partial charge in [0.15, 0.2) is 0 Å². The molecule has 0 atom stereocenters. The van der Waals surface area contributed by atoms with Crippen molar-refractivity contribution in [3.8, 4) is 0 Å². The van der Waals surface area contributed by atoms with Crippen molar-refractivity contribution in [3.63, 3.8) is 0 Å². The Morgan fingerprint density at radius 3 is 1.21 bits per heavy atom. The number of benzene rings is 3. The molecule has 118 valence electrons. The van der Waals surface area contributed by atoms with Crippen LogP contribution in [0.3, 0.4) is 0 Å². The number of rotatable bonds is 4. The lowest BCUT2D eigenvalue weighted by Crippen LogP contribution is -1.76. The number of hydrogen-bond donors (Lipinski definition) is 0. The van der Waals surface area contributed by atoms with Crippen LogP contribution in [0.15, 0.2) is 81.7 Å². The number of halogens is 2. The molecule has 0 aliphatic heterocycles. The van der Waals surface area contributed by atoms with Crippen molar-refractivity contribution >= 4 is 56.2 Å². The van der Waals surface area contributed by atoms with E-state index in [-0.39, 0.29) is 0 Å².